The van der Waals surface area contributed by atoms with Crippen LogP contribution in [0.25, 0.3) is 10.8 Å². The van der Waals surface area contributed by atoms with Gasteiger partial charge in [0.15, 0.2) is 0 Å². The maximum Gasteiger partial charge on any atom is 0.339 e. The number of benzene rings is 3. The number of carbonyl (C=O) groups is 1. The monoisotopic (exact) mass is 499 g/mol. The van der Waals surface area contributed by atoms with Gasteiger partial charge in [-0.1, -0.05) is 98.8 Å². The van der Waals surface area contributed by atoms with Gasteiger partial charge in [0.2, 0.25) is 0 Å². The van der Waals surface area contributed by atoms with Crippen LogP contribution in [0.2, 0.25) is 10.0 Å². The van der Waals surface area contributed by atoms with Crippen LogP contribution in [0, 0.1) is 0 Å². The lowest BCUT2D eigenvalue weighted by Gasteiger charge is -2.20. The Morgan fingerprint density at radius 3 is 2.41 bits per heavy atom. The van der Waals surface area contributed by atoms with E-state index in [1.165, 1.54) is 42.1 Å². The predicted octanol–water partition coefficient (Wildman–Crippen LogP) is 8.38. The Labute approximate surface area is 214 Å². The summed E-state index contributed by atoms with van der Waals surface area (Å²) in [6.07, 6.45) is 5.70. The number of nitrogens with zero attached hydrogens (tertiary/aromatic N) is 1. The number of rotatable bonds is 13. The maximum atomic E-state index is 12.8. The average Bonchev–Trinajstić information content (AvgIpc) is 2.85. The third-order valence-electron chi connectivity index (χ3n) is 6.50. The van der Waals surface area contributed by atoms with Crippen molar-refractivity contribution in [3.63, 3.8) is 0 Å². The van der Waals surface area contributed by atoms with E-state index in [2.05, 4.69) is 61.2 Å². The van der Waals surface area contributed by atoms with Gasteiger partial charge in [-0.2, -0.15) is 0 Å². The van der Waals surface area contributed by atoms with Crippen molar-refractivity contribution >= 4 is 39.9 Å². The SMILES string of the molecule is CCN(CC)CCCCCCC(COC(=O)c1ccc(Cl)cc1Cl)c1cccc2ccccc12. The quantitative estimate of drug-likeness (QED) is 0.174. The van der Waals surface area contributed by atoms with Crippen LogP contribution in [0.4, 0.5) is 0 Å². The molecule has 0 amide bonds. The van der Waals surface area contributed by atoms with Gasteiger partial charge in [-0.25, -0.2) is 4.79 Å². The summed E-state index contributed by atoms with van der Waals surface area (Å²) in [5, 5.41) is 3.23. The van der Waals surface area contributed by atoms with Gasteiger partial charge >= 0.3 is 5.97 Å². The van der Waals surface area contributed by atoms with E-state index in [4.69, 9.17) is 27.9 Å². The zero-order valence-corrected chi connectivity index (χ0v) is 21.7. The first-order valence-electron chi connectivity index (χ1n) is 12.4. The number of fused-ring (bicyclic) bond motifs is 1. The predicted molar refractivity (Wildman–Crippen MR) is 144 cm³/mol. The molecular weight excluding hydrogens is 465 g/mol. The topological polar surface area (TPSA) is 29.5 Å². The van der Waals surface area contributed by atoms with Crippen LogP contribution in [0.15, 0.2) is 60.7 Å². The maximum absolute atomic E-state index is 12.8. The van der Waals surface area contributed by atoms with Crippen LogP contribution in [-0.4, -0.2) is 37.1 Å². The molecule has 0 fully saturated rings. The van der Waals surface area contributed by atoms with Gasteiger partial charge in [0.25, 0.3) is 0 Å². The van der Waals surface area contributed by atoms with Crippen molar-refractivity contribution < 1.29 is 9.53 Å². The molecule has 0 aliphatic carbocycles. The molecule has 0 aliphatic heterocycles. The third-order valence-corrected chi connectivity index (χ3v) is 7.05. The largest absolute Gasteiger partial charge is 0.461 e. The molecule has 3 aromatic carbocycles. The van der Waals surface area contributed by atoms with E-state index in [-0.39, 0.29) is 5.92 Å². The van der Waals surface area contributed by atoms with E-state index in [0.29, 0.717) is 22.2 Å². The highest BCUT2D eigenvalue weighted by atomic mass is 35.5. The number of ether oxygens (including phenoxy) is 1. The van der Waals surface area contributed by atoms with Crippen LogP contribution in [0.1, 0.15) is 67.8 Å². The molecule has 1 unspecified atom stereocenters. The summed E-state index contributed by atoms with van der Waals surface area (Å²) in [4.78, 5) is 15.2. The molecule has 3 nitrogen and oxygen atoms in total. The second-order valence-electron chi connectivity index (χ2n) is 8.72. The Hall–Kier alpha value is -2.07. The van der Waals surface area contributed by atoms with E-state index < -0.39 is 5.97 Å². The zero-order valence-electron chi connectivity index (χ0n) is 20.2. The van der Waals surface area contributed by atoms with Crippen molar-refractivity contribution in [1.82, 2.24) is 4.90 Å². The molecule has 0 radical (unpaired) electrons. The van der Waals surface area contributed by atoms with E-state index in [0.717, 1.165) is 25.9 Å². The molecule has 0 saturated carbocycles. The molecule has 182 valence electrons. The standard InChI is InChI=1S/C29H35Cl2NO2/c1-3-32(4-2)19-10-6-5-7-13-23(26-16-11-14-22-12-8-9-15-25(22)26)21-34-29(33)27-18-17-24(30)20-28(27)31/h8-9,11-12,14-18,20,23H,3-7,10,13,19,21H2,1-2H3. The van der Waals surface area contributed by atoms with Crippen LogP contribution in [-0.2, 0) is 4.74 Å². The Bertz CT molecular complexity index is 1060. The van der Waals surface area contributed by atoms with Crippen molar-refractivity contribution in [1.29, 1.82) is 0 Å². The minimum Gasteiger partial charge on any atom is -0.461 e. The molecule has 0 aromatic heterocycles. The Balaban J connectivity index is 1.66. The Kier molecular flexibility index (Phi) is 10.7. The highest BCUT2D eigenvalue weighted by molar-refractivity contribution is 6.36. The Morgan fingerprint density at radius 2 is 1.65 bits per heavy atom. The van der Waals surface area contributed by atoms with E-state index >= 15 is 0 Å². The van der Waals surface area contributed by atoms with Crippen molar-refractivity contribution in [2.24, 2.45) is 0 Å². The summed E-state index contributed by atoms with van der Waals surface area (Å²) >= 11 is 12.2. The van der Waals surface area contributed by atoms with E-state index in [9.17, 15) is 4.79 Å². The second kappa shape index (κ2) is 13.7. The molecular formula is C29H35Cl2NO2. The molecule has 3 rings (SSSR count). The lowest BCUT2D eigenvalue weighted by atomic mass is 9.89. The minimum atomic E-state index is -0.411. The highest BCUT2D eigenvalue weighted by Crippen LogP contribution is 2.31. The van der Waals surface area contributed by atoms with Gasteiger partial charge in [-0.3, -0.25) is 0 Å². The third kappa shape index (κ3) is 7.46. The smallest absolute Gasteiger partial charge is 0.339 e. The summed E-state index contributed by atoms with van der Waals surface area (Å²) in [5.74, 6) is -0.282. The number of carbonyl (C=O) groups excluding carboxylic acids is 1. The highest BCUT2D eigenvalue weighted by Gasteiger charge is 2.19. The minimum absolute atomic E-state index is 0.129. The number of unbranched alkanes of at least 4 members (excludes halogenated alkanes) is 3. The lowest BCUT2D eigenvalue weighted by Crippen LogP contribution is -2.23. The van der Waals surface area contributed by atoms with Gasteiger partial charge in [0, 0.05) is 10.9 Å². The van der Waals surface area contributed by atoms with Crippen LogP contribution < -0.4 is 0 Å². The zero-order chi connectivity index (χ0) is 24.3. The van der Waals surface area contributed by atoms with Crippen LogP contribution >= 0.6 is 23.2 Å². The number of halogens is 2. The first kappa shape index (κ1) is 26.5. The average molecular weight is 501 g/mol. The van der Waals surface area contributed by atoms with E-state index in [1.54, 1.807) is 18.2 Å². The number of hydrogen-bond acceptors (Lipinski definition) is 3. The molecule has 0 bridgehead atoms. The molecule has 0 spiro atoms. The first-order chi connectivity index (χ1) is 16.5. The van der Waals surface area contributed by atoms with E-state index in [1.807, 2.05) is 0 Å². The molecule has 0 aliphatic rings. The summed E-state index contributed by atoms with van der Waals surface area (Å²) in [6.45, 7) is 8.16. The number of esters is 1. The van der Waals surface area contributed by atoms with Gasteiger partial charge in [-0.15, -0.1) is 0 Å². The van der Waals surface area contributed by atoms with Gasteiger partial charge in [-0.05, 0) is 67.0 Å². The summed E-state index contributed by atoms with van der Waals surface area (Å²) in [7, 11) is 0. The molecule has 0 heterocycles. The fourth-order valence-electron chi connectivity index (χ4n) is 4.46. The fourth-order valence-corrected chi connectivity index (χ4v) is 4.95. The van der Waals surface area contributed by atoms with Gasteiger partial charge < -0.3 is 9.64 Å². The number of hydrogen-bond donors (Lipinski definition) is 0. The summed E-state index contributed by atoms with van der Waals surface area (Å²) < 4.78 is 5.78. The molecule has 0 N–H and O–H groups in total. The molecule has 5 heteroatoms. The van der Waals surface area contributed by atoms with Crippen molar-refractivity contribution in [3.8, 4) is 0 Å². The summed E-state index contributed by atoms with van der Waals surface area (Å²) in [6, 6.07) is 19.6. The lowest BCUT2D eigenvalue weighted by molar-refractivity contribution is 0.0475. The van der Waals surface area contributed by atoms with Gasteiger partial charge in [0.05, 0.1) is 17.2 Å². The fraction of sp³-hybridized carbons (Fsp3) is 0.414. The van der Waals surface area contributed by atoms with Crippen molar-refractivity contribution in [2.75, 3.05) is 26.2 Å². The molecule has 34 heavy (non-hydrogen) atoms. The first-order valence-corrected chi connectivity index (χ1v) is 13.1. The second-order valence-corrected chi connectivity index (χ2v) is 9.56. The normalized spacial score (nSPS) is 12.3. The van der Waals surface area contributed by atoms with Gasteiger partial charge in [0.1, 0.15) is 0 Å². The molecule has 3 aromatic rings. The Morgan fingerprint density at radius 1 is 0.912 bits per heavy atom. The van der Waals surface area contributed by atoms with Crippen LogP contribution in [0.5, 0.6) is 0 Å². The summed E-state index contributed by atoms with van der Waals surface area (Å²) in [5.41, 5.74) is 1.58. The molecule has 0 saturated heterocycles. The van der Waals surface area contributed by atoms with Crippen molar-refractivity contribution in [2.45, 2.75) is 51.9 Å². The molecule has 1 atom stereocenters. The van der Waals surface area contributed by atoms with Crippen molar-refractivity contribution in [3.05, 3.63) is 81.8 Å². The van der Waals surface area contributed by atoms with Crippen LogP contribution in [0.3, 0.4) is 0 Å².